The minimum Gasteiger partial charge on any atom is -0.726 e. The maximum absolute atomic E-state index is 10.9. The molecule has 38 heavy (non-hydrogen) atoms. The first-order chi connectivity index (χ1) is 18.0. The van der Waals surface area contributed by atoms with Crippen LogP contribution in [0.25, 0.3) is 0 Å². The van der Waals surface area contributed by atoms with Crippen molar-refractivity contribution in [2.45, 2.75) is 181 Å². The van der Waals surface area contributed by atoms with E-state index in [9.17, 15) is 13.0 Å². The quantitative estimate of drug-likeness (QED) is 0.0292. The molecule has 0 aliphatic heterocycles. The molecule has 1 unspecified atom stereocenters. The molecular formula is C32H63NaO4S. The first-order valence-electron chi connectivity index (χ1n) is 16.3. The molecule has 0 N–H and O–H groups in total. The Balaban J connectivity index is 0. The smallest absolute Gasteiger partial charge is 0.726 e. The van der Waals surface area contributed by atoms with E-state index in [1.54, 1.807) is 0 Å². The van der Waals surface area contributed by atoms with Gasteiger partial charge in [-0.3, -0.25) is 4.18 Å². The Morgan fingerprint density at radius 3 is 1.29 bits per heavy atom. The van der Waals surface area contributed by atoms with E-state index >= 15 is 0 Å². The Bertz CT molecular complexity index is 580. The minimum absolute atomic E-state index is 0. The number of allylic oxidation sites excluding steroid dienone is 1. The fourth-order valence-electron chi connectivity index (χ4n) is 5.05. The van der Waals surface area contributed by atoms with Crippen LogP contribution in [0.15, 0.2) is 12.2 Å². The van der Waals surface area contributed by atoms with Gasteiger partial charge in [0.05, 0.1) is 6.61 Å². The van der Waals surface area contributed by atoms with Crippen molar-refractivity contribution in [1.82, 2.24) is 0 Å². The summed E-state index contributed by atoms with van der Waals surface area (Å²) in [5.41, 5.74) is 0. The molecule has 0 bridgehead atoms. The Kier molecular flexibility index (Phi) is 34.5. The van der Waals surface area contributed by atoms with Crippen LogP contribution < -0.4 is 29.6 Å². The van der Waals surface area contributed by atoms with Gasteiger partial charge in [0.15, 0.2) is 0 Å². The molecule has 0 rings (SSSR count). The summed E-state index contributed by atoms with van der Waals surface area (Å²) >= 11 is 0. The van der Waals surface area contributed by atoms with E-state index in [1.165, 1.54) is 148 Å². The summed E-state index contributed by atoms with van der Waals surface area (Å²) in [6, 6.07) is 0. The zero-order valence-electron chi connectivity index (χ0n) is 25.9. The summed E-state index contributed by atoms with van der Waals surface area (Å²) in [6.07, 6.45) is 38.1. The number of hydrogen-bond acceptors (Lipinski definition) is 4. The molecule has 0 radical (unpaired) electrons. The van der Waals surface area contributed by atoms with Crippen LogP contribution in [-0.2, 0) is 14.6 Å². The van der Waals surface area contributed by atoms with Gasteiger partial charge in [-0.2, -0.15) is 0 Å². The molecule has 0 aliphatic rings. The molecule has 4 nitrogen and oxygen atoms in total. The van der Waals surface area contributed by atoms with Crippen LogP contribution in [0.1, 0.15) is 181 Å². The van der Waals surface area contributed by atoms with Crippen LogP contribution in [0.3, 0.4) is 0 Å². The van der Waals surface area contributed by atoms with E-state index in [0.717, 1.165) is 19.3 Å². The van der Waals surface area contributed by atoms with E-state index in [2.05, 4.69) is 30.2 Å². The standard InChI is InChI=1S/C32H64O4S.Na/c1-3-5-7-9-11-13-14-15-16-17-18-19-20-22-24-26-28-30-32(31-36-37(33,34)35)29-27-25-23-21-12-10-8-6-4-2;/h28,30,32H,3-27,29,31H2,1-2H3,(H,33,34,35);/q;+1/p-1/b30-28+;. The van der Waals surface area contributed by atoms with Crippen molar-refractivity contribution in [3.63, 3.8) is 0 Å². The number of rotatable bonds is 30. The van der Waals surface area contributed by atoms with Crippen molar-refractivity contribution in [3.8, 4) is 0 Å². The van der Waals surface area contributed by atoms with Crippen LogP contribution >= 0.6 is 0 Å². The van der Waals surface area contributed by atoms with Gasteiger partial charge in [0.25, 0.3) is 0 Å². The van der Waals surface area contributed by atoms with E-state index in [4.69, 9.17) is 0 Å². The van der Waals surface area contributed by atoms with Gasteiger partial charge >= 0.3 is 29.6 Å². The second-order valence-corrected chi connectivity index (χ2v) is 12.3. The summed E-state index contributed by atoms with van der Waals surface area (Å²) in [5.74, 6) is 0.0182. The van der Waals surface area contributed by atoms with Crippen LogP contribution in [0.4, 0.5) is 0 Å². The van der Waals surface area contributed by atoms with Crippen molar-refractivity contribution in [2.24, 2.45) is 5.92 Å². The molecule has 0 heterocycles. The van der Waals surface area contributed by atoms with Crippen molar-refractivity contribution in [3.05, 3.63) is 12.2 Å². The Morgan fingerprint density at radius 2 is 0.921 bits per heavy atom. The monoisotopic (exact) mass is 566 g/mol. The van der Waals surface area contributed by atoms with Crippen LogP contribution in [0, 0.1) is 5.92 Å². The van der Waals surface area contributed by atoms with Crippen LogP contribution in [0.5, 0.6) is 0 Å². The summed E-state index contributed by atoms with van der Waals surface area (Å²) in [7, 11) is -4.62. The minimum atomic E-state index is -4.62. The zero-order valence-corrected chi connectivity index (χ0v) is 28.7. The second kappa shape index (κ2) is 32.1. The normalized spacial score (nSPS) is 12.7. The van der Waals surface area contributed by atoms with Crippen LogP contribution in [0.2, 0.25) is 0 Å². The fraction of sp³-hybridized carbons (Fsp3) is 0.938. The largest absolute Gasteiger partial charge is 1.00 e. The fourth-order valence-corrected chi connectivity index (χ4v) is 5.39. The maximum Gasteiger partial charge on any atom is 1.00 e. The first kappa shape index (κ1) is 40.7. The maximum atomic E-state index is 10.9. The van der Waals surface area contributed by atoms with Crippen molar-refractivity contribution < 1.29 is 46.7 Å². The molecule has 1 atom stereocenters. The summed E-state index contributed by atoms with van der Waals surface area (Å²) in [6.45, 7) is 4.51. The topological polar surface area (TPSA) is 66.4 Å². The van der Waals surface area contributed by atoms with Gasteiger partial charge in [-0.1, -0.05) is 174 Å². The van der Waals surface area contributed by atoms with Gasteiger partial charge in [-0.25, -0.2) is 8.42 Å². The van der Waals surface area contributed by atoms with Gasteiger partial charge < -0.3 is 4.55 Å². The SMILES string of the molecule is CCCCCCCCCCCCCCCCC/C=C/C(CCCCCCCCCCC)COS(=O)(=O)[O-].[Na+]. The number of hydrogen-bond donors (Lipinski definition) is 0. The average molecular weight is 567 g/mol. The first-order valence-corrected chi connectivity index (χ1v) is 17.6. The molecule has 0 aromatic heterocycles. The molecular weight excluding hydrogens is 503 g/mol. The van der Waals surface area contributed by atoms with Crippen molar-refractivity contribution in [1.29, 1.82) is 0 Å². The van der Waals surface area contributed by atoms with Crippen molar-refractivity contribution >= 4 is 10.4 Å². The third kappa shape index (κ3) is 34.6. The predicted octanol–water partition coefficient (Wildman–Crippen LogP) is 7.82. The Labute approximate surface area is 261 Å². The van der Waals surface area contributed by atoms with Gasteiger partial charge in [-0.05, 0) is 19.3 Å². The van der Waals surface area contributed by atoms with Gasteiger partial charge in [-0.15, -0.1) is 0 Å². The summed E-state index contributed by atoms with van der Waals surface area (Å²) in [5, 5.41) is 0. The van der Waals surface area contributed by atoms with E-state index in [1.807, 2.05) is 0 Å². The molecule has 0 saturated carbocycles. The molecule has 0 aromatic rings. The van der Waals surface area contributed by atoms with Gasteiger partial charge in [0, 0.05) is 5.92 Å². The van der Waals surface area contributed by atoms with Gasteiger partial charge in [0.2, 0.25) is 10.4 Å². The third-order valence-corrected chi connectivity index (χ3v) is 7.91. The third-order valence-electron chi connectivity index (χ3n) is 7.49. The molecule has 0 saturated heterocycles. The van der Waals surface area contributed by atoms with E-state index < -0.39 is 10.4 Å². The zero-order chi connectivity index (χ0) is 27.3. The van der Waals surface area contributed by atoms with E-state index in [-0.39, 0.29) is 42.1 Å². The molecule has 6 heteroatoms. The van der Waals surface area contributed by atoms with Crippen molar-refractivity contribution in [2.75, 3.05) is 6.61 Å². The summed E-state index contributed by atoms with van der Waals surface area (Å²) < 4.78 is 37.2. The predicted molar refractivity (Wildman–Crippen MR) is 160 cm³/mol. The molecule has 0 fully saturated rings. The molecule has 0 aromatic carbocycles. The molecule has 0 spiro atoms. The van der Waals surface area contributed by atoms with Gasteiger partial charge in [0.1, 0.15) is 0 Å². The number of unbranched alkanes of at least 4 members (excludes halogenated alkanes) is 23. The average Bonchev–Trinajstić information content (AvgIpc) is 2.87. The summed E-state index contributed by atoms with van der Waals surface area (Å²) in [4.78, 5) is 0. The molecule has 0 aliphatic carbocycles. The Morgan fingerprint density at radius 1 is 0.579 bits per heavy atom. The second-order valence-electron chi connectivity index (χ2n) is 11.2. The van der Waals surface area contributed by atoms with Crippen LogP contribution in [-0.4, -0.2) is 19.6 Å². The Hall–Kier alpha value is 0.610. The molecule has 0 amide bonds. The molecule has 222 valence electrons. The van der Waals surface area contributed by atoms with E-state index in [0.29, 0.717) is 0 Å².